The van der Waals surface area contributed by atoms with Crippen molar-refractivity contribution in [2.45, 2.75) is 46.1 Å². The Labute approximate surface area is 226 Å². The summed E-state index contributed by atoms with van der Waals surface area (Å²) >= 11 is 6.40. The zero-order chi connectivity index (χ0) is 27.0. The van der Waals surface area contributed by atoms with Gasteiger partial charge in [0, 0.05) is 36.3 Å². The lowest BCUT2D eigenvalue weighted by Gasteiger charge is -2.45. The second-order valence-corrected chi connectivity index (χ2v) is 11.0. The second kappa shape index (κ2) is 10.2. The SMILES string of the molecule is Cc1cc(C#Cc2ccc(F)cc2)cnc1NC(=O)c1c(Cl)cnn1C1CC2(CCN(C(=O)C(C)C)C2)C1. The summed E-state index contributed by atoms with van der Waals surface area (Å²) in [4.78, 5) is 32.0. The van der Waals surface area contributed by atoms with Crippen molar-refractivity contribution in [3.63, 3.8) is 0 Å². The maximum absolute atomic E-state index is 13.3. The van der Waals surface area contributed by atoms with Crippen LogP contribution in [0.15, 0.2) is 42.7 Å². The minimum atomic E-state index is -0.378. The average molecular weight is 534 g/mol. The van der Waals surface area contributed by atoms with Gasteiger partial charge < -0.3 is 10.2 Å². The number of carbonyl (C=O) groups excluding carboxylic acids is 2. The van der Waals surface area contributed by atoms with E-state index in [1.807, 2.05) is 31.7 Å². The van der Waals surface area contributed by atoms with Crippen LogP contribution >= 0.6 is 11.6 Å². The van der Waals surface area contributed by atoms with E-state index < -0.39 is 0 Å². The summed E-state index contributed by atoms with van der Waals surface area (Å²) in [5.41, 5.74) is 2.51. The van der Waals surface area contributed by atoms with E-state index in [1.54, 1.807) is 23.0 Å². The second-order valence-electron chi connectivity index (χ2n) is 10.6. The Kier molecular flexibility index (Phi) is 6.97. The van der Waals surface area contributed by atoms with Crippen molar-refractivity contribution < 1.29 is 14.0 Å². The van der Waals surface area contributed by atoms with Crippen LogP contribution in [0.25, 0.3) is 0 Å². The molecule has 2 fully saturated rings. The number of aromatic nitrogens is 3. The molecule has 1 saturated carbocycles. The highest BCUT2D eigenvalue weighted by Crippen LogP contribution is 2.54. The van der Waals surface area contributed by atoms with Crippen LogP contribution in [0.4, 0.5) is 10.2 Å². The molecule has 1 spiro atoms. The van der Waals surface area contributed by atoms with Gasteiger partial charge in [0.1, 0.15) is 17.3 Å². The Bertz CT molecular complexity index is 1450. The number of hydrogen-bond acceptors (Lipinski definition) is 4. The Morgan fingerprint density at radius 1 is 1.16 bits per heavy atom. The highest BCUT2D eigenvalue weighted by Gasteiger charge is 2.51. The van der Waals surface area contributed by atoms with E-state index in [0.717, 1.165) is 37.9 Å². The quantitative estimate of drug-likeness (QED) is 0.465. The Morgan fingerprint density at radius 2 is 1.87 bits per heavy atom. The molecule has 0 unspecified atom stereocenters. The first-order valence-electron chi connectivity index (χ1n) is 12.7. The monoisotopic (exact) mass is 533 g/mol. The fraction of sp³-hybridized carbons (Fsp3) is 0.379. The summed E-state index contributed by atoms with van der Waals surface area (Å²) in [7, 11) is 0. The van der Waals surface area contributed by atoms with Crippen molar-refractivity contribution in [2.24, 2.45) is 11.3 Å². The summed E-state index contributed by atoms with van der Waals surface area (Å²) in [6.45, 7) is 7.24. The molecule has 1 saturated heterocycles. The van der Waals surface area contributed by atoms with Crippen LogP contribution < -0.4 is 5.32 Å². The van der Waals surface area contributed by atoms with Crippen LogP contribution in [0.1, 0.15) is 66.3 Å². The molecule has 2 aromatic heterocycles. The smallest absolute Gasteiger partial charge is 0.276 e. The van der Waals surface area contributed by atoms with E-state index in [1.165, 1.54) is 18.3 Å². The van der Waals surface area contributed by atoms with E-state index in [9.17, 15) is 14.0 Å². The standard InChI is InChI=1S/C29H29ClFN5O2/c1-18(2)28(38)35-11-10-29(17-35)13-23(14-29)36-25(24(30)16-33-36)27(37)34-26-19(3)12-21(15-32-26)5-4-20-6-8-22(31)9-7-20/h6-9,12,15-16,18,23H,10-11,13-14,17H2,1-3H3,(H,32,34,37). The normalized spacial score (nSPS) is 20.3. The molecule has 1 N–H and O–H groups in total. The number of aryl methyl sites for hydroxylation is 1. The molecule has 0 atom stereocenters. The first-order chi connectivity index (χ1) is 18.1. The Morgan fingerprint density at radius 3 is 2.55 bits per heavy atom. The van der Waals surface area contributed by atoms with Crippen LogP contribution in [-0.4, -0.2) is 44.6 Å². The van der Waals surface area contributed by atoms with Gasteiger partial charge in [-0.05, 0) is 67.5 Å². The van der Waals surface area contributed by atoms with Crippen LogP contribution in [0.5, 0.6) is 0 Å². The topological polar surface area (TPSA) is 80.1 Å². The minimum Gasteiger partial charge on any atom is -0.342 e. The number of carbonyl (C=O) groups is 2. The maximum Gasteiger partial charge on any atom is 0.276 e. The molecule has 1 aliphatic carbocycles. The molecule has 2 amide bonds. The third-order valence-corrected chi connectivity index (χ3v) is 7.68. The predicted molar refractivity (Wildman–Crippen MR) is 143 cm³/mol. The minimum absolute atomic E-state index is 0.00535. The molecule has 0 radical (unpaired) electrons. The van der Waals surface area contributed by atoms with E-state index in [0.29, 0.717) is 22.6 Å². The number of nitrogens with zero attached hydrogens (tertiary/aromatic N) is 4. The summed E-state index contributed by atoms with van der Waals surface area (Å²) in [5.74, 6) is 5.90. The molecule has 9 heteroatoms. The third-order valence-electron chi connectivity index (χ3n) is 7.40. The number of nitrogens with one attached hydrogen (secondary N) is 1. The van der Waals surface area contributed by atoms with E-state index >= 15 is 0 Å². The van der Waals surface area contributed by atoms with Gasteiger partial charge in [-0.1, -0.05) is 37.3 Å². The third kappa shape index (κ3) is 5.16. The molecule has 1 aromatic carbocycles. The van der Waals surface area contributed by atoms with Crippen LogP contribution in [0.3, 0.4) is 0 Å². The van der Waals surface area contributed by atoms with Crippen molar-refractivity contribution in [1.29, 1.82) is 0 Å². The van der Waals surface area contributed by atoms with Gasteiger partial charge in [-0.15, -0.1) is 0 Å². The molecular formula is C29H29ClFN5O2. The number of pyridine rings is 1. The van der Waals surface area contributed by atoms with Gasteiger partial charge in [0.05, 0.1) is 17.3 Å². The van der Waals surface area contributed by atoms with Gasteiger partial charge in [-0.2, -0.15) is 5.10 Å². The molecular weight excluding hydrogens is 505 g/mol. The van der Waals surface area contributed by atoms with Gasteiger partial charge in [0.2, 0.25) is 5.91 Å². The number of benzene rings is 1. The number of halogens is 2. The van der Waals surface area contributed by atoms with Gasteiger partial charge in [-0.3, -0.25) is 14.3 Å². The molecule has 2 aliphatic rings. The van der Waals surface area contributed by atoms with Crippen molar-refractivity contribution in [1.82, 2.24) is 19.7 Å². The zero-order valence-corrected chi connectivity index (χ0v) is 22.3. The lowest BCUT2D eigenvalue weighted by Crippen LogP contribution is -2.43. The number of likely N-dealkylation sites (tertiary alicyclic amines) is 1. The van der Waals surface area contributed by atoms with Crippen molar-refractivity contribution in [2.75, 3.05) is 18.4 Å². The van der Waals surface area contributed by atoms with E-state index in [2.05, 4.69) is 27.2 Å². The molecule has 5 rings (SSSR count). The molecule has 38 heavy (non-hydrogen) atoms. The molecule has 3 aromatic rings. The molecule has 1 aliphatic heterocycles. The highest BCUT2D eigenvalue weighted by atomic mass is 35.5. The van der Waals surface area contributed by atoms with Crippen LogP contribution in [0, 0.1) is 35.9 Å². The van der Waals surface area contributed by atoms with Crippen LogP contribution in [0.2, 0.25) is 5.02 Å². The lowest BCUT2D eigenvalue weighted by atomic mass is 9.65. The zero-order valence-electron chi connectivity index (χ0n) is 21.6. The number of amides is 2. The van der Waals surface area contributed by atoms with Crippen LogP contribution in [-0.2, 0) is 4.79 Å². The van der Waals surface area contributed by atoms with Crippen molar-refractivity contribution in [3.8, 4) is 11.8 Å². The predicted octanol–water partition coefficient (Wildman–Crippen LogP) is 5.24. The first-order valence-corrected chi connectivity index (χ1v) is 13.1. The summed E-state index contributed by atoms with van der Waals surface area (Å²) in [6, 6.07) is 7.83. The molecule has 196 valence electrons. The lowest BCUT2D eigenvalue weighted by molar-refractivity contribution is -0.134. The summed E-state index contributed by atoms with van der Waals surface area (Å²) in [6.07, 6.45) is 5.76. The van der Waals surface area contributed by atoms with E-state index in [-0.39, 0.29) is 40.0 Å². The number of hydrogen-bond donors (Lipinski definition) is 1. The Balaban J connectivity index is 1.25. The first kappa shape index (κ1) is 25.9. The number of rotatable bonds is 4. The largest absolute Gasteiger partial charge is 0.342 e. The number of anilines is 1. The van der Waals surface area contributed by atoms with Gasteiger partial charge in [0.15, 0.2) is 0 Å². The van der Waals surface area contributed by atoms with Crippen molar-refractivity contribution in [3.05, 3.63) is 75.9 Å². The Hall–Kier alpha value is -3.70. The molecule has 7 nitrogen and oxygen atoms in total. The fourth-order valence-electron chi connectivity index (χ4n) is 5.38. The fourth-order valence-corrected chi connectivity index (χ4v) is 5.60. The van der Waals surface area contributed by atoms with Gasteiger partial charge >= 0.3 is 0 Å². The average Bonchev–Trinajstić information content (AvgIpc) is 3.48. The van der Waals surface area contributed by atoms with Crippen molar-refractivity contribution >= 4 is 29.2 Å². The van der Waals surface area contributed by atoms with Gasteiger partial charge in [-0.25, -0.2) is 9.37 Å². The highest BCUT2D eigenvalue weighted by molar-refractivity contribution is 6.34. The summed E-state index contributed by atoms with van der Waals surface area (Å²) in [5, 5.41) is 7.56. The van der Waals surface area contributed by atoms with E-state index in [4.69, 9.17) is 11.6 Å². The maximum atomic E-state index is 13.3. The van der Waals surface area contributed by atoms with Gasteiger partial charge in [0.25, 0.3) is 5.91 Å². The molecule has 3 heterocycles. The summed E-state index contributed by atoms with van der Waals surface area (Å²) < 4.78 is 14.8. The molecule has 0 bridgehead atoms.